The molecule has 12 nitrogen and oxygen atoms in total. The number of aromatic nitrogens is 1. The maximum atomic E-state index is 16.1. The van der Waals surface area contributed by atoms with Crippen LogP contribution in [0.5, 0.6) is 0 Å². The van der Waals surface area contributed by atoms with Gasteiger partial charge in [-0.05, 0) is 31.4 Å². The highest BCUT2D eigenvalue weighted by Crippen LogP contribution is 2.48. The molecule has 4 aliphatic rings. The highest BCUT2D eigenvalue weighted by atomic mass is 19.1. The van der Waals surface area contributed by atoms with Crippen LogP contribution in [0, 0.1) is 11.2 Å². The Morgan fingerprint density at radius 3 is 2.57 bits per heavy atom. The van der Waals surface area contributed by atoms with Gasteiger partial charge in [-0.1, -0.05) is 5.16 Å². The fourth-order valence-corrected chi connectivity index (χ4v) is 6.26. The van der Waals surface area contributed by atoms with E-state index < -0.39 is 47.1 Å². The summed E-state index contributed by atoms with van der Waals surface area (Å²) >= 11 is 0. The van der Waals surface area contributed by atoms with Gasteiger partial charge in [0.1, 0.15) is 0 Å². The van der Waals surface area contributed by atoms with Crippen molar-refractivity contribution < 1.29 is 37.6 Å². The summed E-state index contributed by atoms with van der Waals surface area (Å²) in [5, 5.41) is 8.47. The van der Waals surface area contributed by atoms with Crippen molar-refractivity contribution >= 4 is 40.4 Å². The minimum absolute atomic E-state index is 0.0354. The molecule has 2 N–H and O–H groups in total. The van der Waals surface area contributed by atoms with Crippen molar-refractivity contribution in [3.8, 4) is 0 Å². The Balaban J connectivity index is 1.46. The predicted molar refractivity (Wildman–Crippen MR) is 124 cm³/mol. The number of hydrogen-bond donors (Lipinski definition) is 2. The van der Waals surface area contributed by atoms with Gasteiger partial charge in [0.15, 0.2) is 16.9 Å². The first-order valence-electron chi connectivity index (χ1n) is 12.2. The Bertz CT molecular complexity index is 1310. The average Bonchev–Trinajstić information content (AvgIpc) is 3.31. The number of anilines is 1. The second-order valence-corrected chi connectivity index (χ2v) is 9.93. The molecule has 4 aliphatic heterocycles. The molecule has 0 radical (unpaired) electrons. The van der Waals surface area contributed by atoms with Crippen molar-refractivity contribution in [1.82, 2.24) is 20.7 Å². The van der Waals surface area contributed by atoms with E-state index in [0.717, 1.165) is 0 Å². The van der Waals surface area contributed by atoms with Gasteiger partial charge in [-0.25, -0.2) is 9.18 Å². The average molecular weight is 515 g/mol. The van der Waals surface area contributed by atoms with Crippen LogP contribution in [0.15, 0.2) is 10.6 Å². The number of nitrogens with zero attached hydrogens (tertiary/aromatic N) is 3. The van der Waals surface area contributed by atoms with Gasteiger partial charge in [-0.2, -0.15) is 0 Å². The van der Waals surface area contributed by atoms with Crippen LogP contribution in [0.25, 0.3) is 11.0 Å². The van der Waals surface area contributed by atoms with Gasteiger partial charge < -0.3 is 23.8 Å². The first-order chi connectivity index (χ1) is 17.8. The number of urea groups is 1. The SMILES string of the molecule is COC1CCN(C(=O)c2noc3c(F)c4c(cc23)CC2(C(=O)NC(=O)NC2=O)[C@H]2[C@H](C)OCCN42)CC1. The minimum atomic E-state index is -1.75. The highest BCUT2D eigenvalue weighted by molar-refractivity contribution is 6.20. The lowest BCUT2D eigenvalue weighted by molar-refractivity contribution is -0.151. The van der Waals surface area contributed by atoms with Gasteiger partial charge in [0.25, 0.3) is 5.91 Å². The Morgan fingerprint density at radius 2 is 1.89 bits per heavy atom. The highest BCUT2D eigenvalue weighted by Gasteiger charge is 2.63. The molecule has 13 heteroatoms. The lowest BCUT2D eigenvalue weighted by atomic mass is 9.66. The quantitative estimate of drug-likeness (QED) is 0.553. The van der Waals surface area contributed by atoms with Crippen LogP contribution in [0.1, 0.15) is 35.8 Å². The minimum Gasteiger partial charge on any atom is -0.381 e. The second-order valence-electron chi connectivity index (χ2n) is 9.93. The van der Waals surface area contributed by atoms with Gasteiger partial charge in [-0.15, -0.1) is 0 Å². The molecule has 2 atom stereocenters. The smallest absolute Gasteiger partial charge is 0.328 e. The summed E-state index contributed by atoms with van der Waals surface area (Å²) in [5.74, 6) is -2.67. The molecule has 0 unspecified atom stereocenters. The Hall–Kier alpha value is -3.58. The number of likely N-dealkylation sites (tertiary alicyclic amines) is 1. The van der Waals surface area contributed by atoms with Crippen LogP contribution in [0.3, 0.4) is 0 Å². The number of carbonyl (C=O) groups excluding carboxylic acids is 4. The van der Waals surface area contributed by atoms with E-state index >= 15 is 4.39 Å². The lowest BCUT2D eigenvalue weighted by Gasteiger charge is -2.54. The van der Waals surface area contributed by atoms with Crippen molar-refractivity contribution in [3.63, 3.8) is 0 Å². The summed E-state index contributed by atoms with van der Waals surface area (Å²) < 4.78 is 32.5. The molecule has 196 valence electrons. The zero-order valence-electron chi connectivity index (χ0n) is 20.3. The number of halogens is 1. The van der Waals surface area contributed by atoms with E-state index in [4.69, 9.17) is 14.0 Å². The molecule has 3 fully saturated rings. The lowest BCUT2D eigenvalue weighted by Crippen LogP contribution is -2.74. The third-order valence-electron chi connectivity index (χ3n) is 8.04. The monoisotopic (exact) mass is 515 g/mol. The zero-order chi connectivity index (χ0) is 26.1. The van der Waals surface area contributed by atoms with Crippen LogP contribution < -0.4 is 15.5 Å². The number of amides is 5. The number of hydrogen-bond acceptors (Lipinski definition) is 9. The maximum absolute atomic E-state index is 16.1. The largest absolute Gasteiger partial charge is 0.381 e. The van der Waals surface area contributed by atoms with Crippen molar-refractivity contribution in [1.29, 1.82) is 0 Å². The number of ether oxygens (including phenoxy) is 2. The molecule has 6 rings (SSSR count). The van der Waals surface area contributed by atoms with Crippen molar-refractivity contribution in [2.45, 2.75) is 44.4 Å². The topological polar surface area (TPSA) is 143 Å². The summed E-state index contributed by atoms with van der Waals surface area (Å²) in [6.07, 6.45) is 0.590. The van der Waals surface area contributed by atoms with Crippen LogP contribution in [-0.4, -0.2) is 85.4 Å². The van der Waals surface area contributed by atoms with E-state index in [1.807, 2.05) is 0 Å². The molecule has 2 aromatic rings. The van der Waals surface area contributed by atoms with Crippen molar-refractivity contribution in [2.75, 3.05) is 38.3 Å². The van der Waals surface area contributed by atoms with Gasteiger partial charge in [0.05, 0.1) is 35.9 Å². The Kier molecular flexibility index (Phi) is 5.46. The van der Waals surface area contributed by atoms with Gasteiger partial charge in [0, 0.05) is 33.2 Å². The number of barbiturate groups is 1. The van der Waals surface area contributed by atoms with E-state index in [1.165, 1.54) is 0 Å². The molecular formula is C24H26FN5O7. The number of nitrogens with one attached hydrogen (secondary N) is 2. The fourth-order valence-electron chi connectivity index (χ4n) is 6.26. The summed E-state index contributed by atoms with van der Waals surface area (Å²) in [6, 6.07) is -0.220. The second kappa shape index (κ2) is 8.48. The van der Waals surface area contributed by atoms with Crippen molar-refractivity contribution in [2.24, 2.45) is 5.41 Å². The maximum Gasteiger partial charge on any atom is 0.328 e. The molecule has 1 aromatic carbocycles. The number of piperidine rings is 1. The number of morpholine rings is 1. The molecule has 5 heterocycles. The summed E-state index contributed by atoms with van der Waals surface area (Å²) in [4.78, 5) is 54.9. The first-order valence-corrected chi connectivity index (χ1v) is 12.2. The van der Waals surface area contributed by atoms with E-state index in [2.05, 4.69) is 15.8 Å². The van der Waals surface area contributed by atoms with E-state index in [0.29, 0.717) is 31.5 Å². The number of carbonyl (C=O) groups is 4. The standard InChI is InChI=1S/C24H26FN5O7/c1-11-19-24(21(32)26-23(34)27-22(24)33)10-12-9-14-16(20(31)29-5-3-13(35-2)4-6-29)28-37-18(14)15(25)17(12)30(19)7-8-36-11/h9,11,13,19H,3-8,10H2,1-2H3,(H2,26,27,32,33,34)/t11-,19+/m0/s1. The normalized spacial score (nSPS) is 25.6. The van der Waals surface area contributed by atoms with Gasteiger partial charge in [-0.3, -0.25) is 25.0 Å². The van der Waals surface area contributed by atoms with Crippen LogP contribution in [-0.2, 0) is 25.5 Å². The Labute approximate surface area is 210 Å². The predicted octanol–water partition coefficient (Wildman–Crippen LogP) is 0.720. The third kappa shape index (κ3) is 3.37. The summed E-state index contributed by atoms with van der Waals surface area (Å²) in [6.45, 7) is 3.07. The molecule has 37 heavy (non-hydrogen) atoms. The Morgan fingerprint density at radius 1 is 1.19 bits per heavy atom. The molecule has 0 bridgehead atoms. The number of benzene rings is 1. The number of methoxy groups -OCH3 is 1. The van der Waals surface area contributed by atoms with Crippen LogP contribution in [0.4, 0.5) is 14.9 Å². The number of fused-ring (bicyclic) bond motifs is 5. The third-order valence-corrected chi connectivity index (χ3v) is 8.04. The fraction of sp³-hybridized carbons (Fsp3) is 0.542. The molecule has 5 amide bonds. The first kappa shape index (κ1) is 23.8. The summed E-state index contributed by atoms with van der Waals surface area (Å²) in [5.41, 5.74) is -1.44. The molecule has 1 aromatic heterocycles. The van der Waals surface area contributed by atoms with Crippen molar-refractivity contribution in [3.05, 3.63) is 23.1 Å². The van der Waals surface area contributed by atoms with Gasteiger partial charge >= 0.3 is 6.03 Å². The molecule has 0 aliphatic carbocycles. The van der Waals surface area contributed by atoms with Gasteiger partial charge in [0.2, 0.25) is 17.4 Å². The number of rotatable bonds is 2. The molecule has 0 saturated carbocycles. The van der Waals surface area contributed by atoms with E-state index in [-0.39, 0.29) is 48.0 Å². The molecule has 1 spiro atoms. The molecule has 3 saturated heterocycles. The zero-order valence-corrected chi connectivity index (χ0v) is 20.3. The van der Waals surface area contributed by atoms with Crippen LogP contribution >= 0.6 is 0 Å². The van der Waals surface area contributed by atoms with E-state index in [1.54, 1.807) is 29.9 Å². The van der Waals surface area contributed by atoms with Crippen LogP contribution in [0.2, 0.25) is 0 Å². The van der Waals surface area contributed by atoms with E-state index in [9.17, 15) is 19.2 Å². The summed E-state index contributed by atoms with van der Waals surface area (Å²) in [7, 11) is 1.63. The number of imide groups is 2. The molecular weight excluding hydrogens is 489 g/mol.